The molecule has 0 aromatic heterocycles. The van der Waals surface area contributed by atoms with Gasteiger partial charge in [-0.25, -0.2) is 4.79 Å². The number of nitrogens with two attached hydrogens (primary N) is 1. The molecule has 1 rings (SSSR count). The number of hydrogen-bond donors (Lipinski definition) is 3. The minimum Gasteiger partial charge on any atom is -0.479 e. The van der Waals surface area contributed by atoms with E-state index in [9.17, 15) is 9.59 Å². The van der Waals surface area contributed by atoms with Crippen LogP contribution in [-0.4, -0.2) is 24.6 Å². The van der Waals surface area contributed by atoms with E-state index in [1.54, 1.807) is 25.1 Å². The smallest absolute Gasteiger partial charge is 0.321 e. The summed E-state index contributed by atoms with van der Waals surface area (Å²) in [6, 6.07) is 4.42. The number of carbonyl (C=O) groups excluding carboxylic acids is 2. The maximum absolute atomic E-state index is 11.8. The molecular weight excluding hydrogens is 294 g/mol. The molecule has 0 aliphatic carbocycles. The van der Waals surface area contributed by atoms with E-state index in [1.165, 1.54) is 6.92 Å². The van der Waals surface area contributed by atoms with Crippen LogP contribution in [0.2, 0.25) is 5.02 Å². The normalized spacial score (nSPS) is 13.2. The maximum atomic E-state index is 11.8. The van der Waals surface area contributed by atoms with Crippen molar-refractivity contribution in [3.05, 3.63) is 28.8 Å². The van der Waals surface area contributed by atoms with Crippen LogP contribution in [0, 0.1) is 0 Å². The highest BCUT2D eigenvalue weighted by Gasteiger charge is 2.18. The highest BCUT2D eigenvalue weighted by atomic mass is 35.5. The molecule has 2 atom stereocenters. The number of carbonyl (C=O) groups is 2. The van der Waals surface area contributed by atoms with Crippen molar-refractivity contribution in [3.63, 3.8) is 0 Å². The quantitative estimate of drug-likeness (QED) is 0.774. The molecule has 0 aliphatic rings. The monoisotopic (exact) mass is 313 g/mol. The molecule has 21 heavy (non-hydrogen) atoms. The molecule has 0 radical (unpaired) electrons. The van der Waals surface area contributed by atoms with Crippen molar-refractivity contribution in [1.82, 2.24) is 10.6 Å². The number of hydrogen-bond acceptors (Lipinski definition) is 4. The van der Waals surface area contributed by atoms with E-state index in [-0.39, 0.29) is 6.04 Å². The van der Waals surface area contributed by atoms with Gasteiger partial charge in [0, 0.05) is 12.6 Å². The summed E-state index contributed by atoms with van der Waals surface area (Å²) in [5.41, 5.74) is 6.62. The van der Waals surface area contributed by atoms with Gasteiger partial charge in [-0.3, -0.25) is 10.1 Å². The predicted molar refractivity (Wildman–Crippen MR) is 81.4 cm³/mol. The number of ether oxygens (including phenoxy) is 1. The fourth-order valence-corrected chi connectivity index (χ4v) is 1.79. The summed E-state index contributed by atoms with van der Waals surface area (Å²) in [4.78, 5) is 23.0. The summed E-state index contributed by atoms with van der Waals surface area (Å²) < 4.78 is 5.46. The van der Waals surface area contributed by atoms with E-state index < -0.39 is 18.0 Å². The van der Waals surface area contributed by atoms with Gasteiger partial charge < -0.3 is 15.8 Å². The third-order valence-corrected chi connectivity index (χ3v) is 3.02. The van der Waals surface area contributed by atoms with Crippen molar-refractivity contribution in [3.8, 4) is 5.75 Å². The first kappa shape index (κ1) is 17.3. The maximum Gasteiger partial charge on any atom is 0.321 e. The van der Waals surface area contributed by atoms with Crippen LogP contribution >= 0.6 is 11.6 Å². The molecule has 0 heterocycles. The summed E-state index contributed by atoms with van der Waals surface area (Å²) in [6.07, 6.45) is -0.855. The van der Waals surface area contributed by atoms with Crippen molar-refractivity contribution >= 4 is 23.5 Å². The molecule has 6 nitrogen and oxygen atoms in total. The highest BCUT2D eigenvalue weighted by molar-refractivity contribution is 6.32. The second-order valence-corrected chi connectivity index (χ2v) is 4.99. The first-order chi connectivity index (χ1) is 9.85. The second-order valence-electron chi connectivity index (χ2n) is 4.59. The first-order valence-corrected chi connectivity index (χ1v) is 7.03. The third-order valence-electron chi connectivity index (χ3n) is 2.73. The predicted octanol–water partition coefficient (Wildman–Crippen LogP) is 1.97. The van der Waals surface area contributed by atoms with Gasteiger partial charge >= 0.3 is 6.03 Å². The van der Waals surface area contributed by atoms with E-state index in [0.717, 1.165) is 5.56 Å². The number of urea groups is 1. The standard InChI is InChI=1S/C14H20ClN3O3/c1-4-17-14(20)18-13(19)9(3)21-12-6-5-10(8(2)16)7-11(12)15/h5-9H,4,16H2,1-3H3,(H2,17,18,19,20). The number of nitrogens with one attached hydrogen (secondary N) is 2. The molecule has 0 aliphatic heterocycles. The number of benzene rings is 1. The summed E-state index contributed by atoms with van der Waals surface area (Å²) in [5.74, 6) is -0.187. The van der Waals surface area contributed by atoms with Crippen molar-refractivity contribution < 1.29 is 14.3 Å². The van der Waals surface area contributed by atoms with Gasteiger partial charge in [-0.05, 0) is 38.5 Å². The van der Waals surface area contributed by atoms with E-state index in [1.807, 2.05) is 6.92 Å². The number of amides is 3. The van der Waals surface area contributed by atoms with Gasteiger partial charge in [0.2, 0.25) is 0 Å². The molecule has 0 spiro atoms. The number of imide groups is 1. The molecule has 7 heteroatoms. The second kappa shape index (κ2) is 7.85. The molecule has 4 N–H and O–H groups in total. The Morgan fingerprint density at radius 3 is 2.57 bits per heavy atom. The van der Waals surface area contributed by atoms with E-state index in [2.05, 4.69) is 10.6 Å². The van der Waals surface area contributed by atoms with Crippen LogP contribution in [0.25, 0.3) is 0 Å². The zero-order valence-corrected chi connectivity index (χ0v) is 13.0. The molecule has 0 saturated heterocycles. The first-order valence-electron chi connectivity index (χ1n) is 6.65. The van der Waals surface area contributed by atoms with Crippen LogP contribution < -0.4 is 21.1 Å². The van der Waals surface area contributed by atoms with Crippen LogP contribution in [-0.2, 0) is 4.79 Å². The minimum atomic E-state index is -0.855. The summed E-state index contributed by atoms with van der Waals surface area (Å²) in [7, 11) is 0. The lowest BCUT2D eigenvalue weighted by Crippen LogP contribution is -2.45. The Kier molecular flexibility index (Phi) is 6.45. The Morgan fingerprint density at radius 2 is 2.05 bits per heavy atom. The molecule has 116 valence electrons. The van der Waals surface area contributed by atoms with Gasteiger partial charge in [0.25, 0.3) is 5.91 Å². The van der Waals surface area contributed by atoms with E-state index >= 15 is 0 Å². The Bertz CT molecular complexity index is 520. The SMILES string of the molecule is CCNC(=O)NC(=O)C(C)Oc1ccc(C(C)N)cc1Cl. The fraction of sp³-hybridized carbons (Fsp3) is 0.429. The van der Waals surface area contributed by atoms with Crippen LogP contribution in [0.3, 0.4) is 0 Å². The third kappa shape index (κ3) is 5.24. The molecule has 3 amide bonds. The summed E-state index contributed by atoms with van der Waals surface area (Å²) >= 11 is 6.09. The van der Waals surface area contributed by atoms with Crippen LogP contribution in [0.15, 0.2) is 18.2 Å². The van der Waals surface area contributed by atoms with Crippen LogP contribution in [0.4, 0.5) is 4.79 Å². The number of rotatable bonds is 5. The van der Waals surface area contributed by atoms with Gasteiger partial charge in [0.15, 0.2) is 6.10 Å². The Balaban J connectivity index is 2.68. The topological polar surface area (TPSA) is 93.5 Å². The largest absolute Gasteiger partial charge is 0.479 e. The Hall–Kier alpha value is -1.79. The van der Waals surface area contributed by atoms with Crippen molar-refractivity contribution in [2.75, 3.05) is 6.54 Å². The lowest BCUT2D eigenvalue weighted by Gasteiger charge is -2.16. The fourth-order valence-electron chi connectivity index (χ4n) is 1.56. The highest BCUT2D eigenvalue weighted by Crippen LogP contribution is 2.28. The molecular formula is C14H20ClN3O3. The van der Waals surface area contributed by atoms with Gasteiger partial charge in [-0.15, -0.1) is 0 Å². The number of halogens is 1. The van der Waals surface area contributed by atoms with Gasteiger partial charge in [0.05, 0.1) is 5.02 Å². The average molecular weight is 314 g/mol. The summed E-state index contributed by atoms with van der Waals surface area (Å²) in [6.45, 7) is 5.56. The molecule has 0 fully saturated rings. The van der Waals surface area contributed by atoms with E-state index in [4.69, 9.17) is 22.1 Å². The summed E-state index contributed by atoms with van der Waals surface area (Å²) in [5, 5.41) is 5.00. The Labute approximate surface area is 129 Å². The van der Waals surface area contributed by atoms with Crippen LogP contribution in [0.5, 0.6) is 5.75 Å². The lowest BCUT2D eigenvalue weighted by atomic mass is 10.1. The van der Waals surface area contributed by atoms with Gasteiger partial charge in [-0.1, -0.05) is 17.7 Å². The van der Waals surface area contributed by atoms with Gasteiger partial charge in [-0.2, -0.15) is 0 Å². The van der Waals surface area contributed by atoms with Crippen LogP contribution in [0.1, 0.15) is 32.4 Å². The van der Waals surface area contributed by atoms with Crippen molar-refractivity contribution in [1.29, 1.82) is 0 Å². The lowest BCUT2D eigenvalue weighted by molar-refractivity contribution is -0.126. The Morgan fingerprint density at radius 1 is 1.38 bits per heavy atom. The average Bonchev–Trinajstić information content (AvgIpc) is 2.40. The molecule has 1 aromatic rings. The molecule has 0 bridgehead atoms. The molecule has 1 aromatic carbocycles. The van der Waals surface area contributed by atoms with E-state index in [0.29, 0.717) is 17.3 Å². The van der Waals surface area contributed by atoms with Gasteiger partial charge in [0.1, 0.15) is 5.75 Å². The minimum absolute atomic E-state index is 0.144. The zero-order valence-electron chi connectivity index (χ0n) is 12.3. The zero-order chi connectivity index (χ0) is 16.0. The molecule has 2 unspecified atom stereocenters. The molecule has 0 saturated carbocycles. The van der Waals surface area contributed by atoms with Crippen molar-refractivity contribution in [2.45, 2.75) is 32.9 Å². The van der Waals surface area contributed by atoms with Crippen molar-refractivity contribution in [2.24, 2.45) is 5.73 Å².